The molecule has 0 saturated heterocycles. The van der Waals surface area contributed by atoms with Crippen LogP contribution in [0.3, 0.4) is 0 Å². The van der Waals surface area contributed by atoms with E-state index in [0.717, 1.165) is 51.4 Å². The van der Waals surface area contributed by atoms with Crippen molar-refractivity contribution in [3.05, 3.63) is 12.2 Å². The minimum Gasteiger partial charge on any atom is -0.462 e. The molecule has 0 aromatic heterocycles. The molecule has 0 saturated carbocycles. The minimum atomic E-state index is -4.38. The van der Waals surface area contributed by atoms with Gasteiger partial charge in [0.15, 0.2) is 6.10 Å². The Balaban J connectivity index is 3.80. The van der Waals surface area contributed by atoms with Crippen molar-refractivity contribution in [3.8, 4) is 0 Å². The van der Waals surface area contributed by atoms with E-state index in [-0.39, 0.29) is 38.6 Å². The normalized spacial score (nSPS) is 13.1. The van der Waals surface area contributed by atoms with Gasteiger partial charge in [-0.2, -0.15) is 0 Å². The number of nitrogens with two attached hydrogens (primary N) is 1. The Labute approximate surface area is 402 Å². The van der Waals surface area contributed by atoms with Crippen LogP contribution in [-0.2, 0) is 32.7 Å². The second kappa shape index (κ2) is 52.1. The molecule has 0 aliphatic carbocycles. The third-order valence-electron chi connectivity index (χ3n) is 12.7. The predicted octanol–water partition coefficient (Wildman–Crippen LogP) is 17.3. The first kappa shape index (κ1) is 63.8. The van der Waals surface area contributed by atoms with Crippen molar-refractivity contribution >= 4 is 19.8 Å². The molecule has 3 N–H and O–H groups in total. The van der Waals surface area contributed by atoms with Gasteiger partial charge in [-0.1, -0.05) is 257 Å². The summed E-state index contributed by atoms with van der Waals surface area (Å²) < 4.78 is 32.9. The van der Waals surface area contributed by atoms with Crippen LogP contribution < -0.4 is 5.73 Å². The van der Waals surface area contributed by atoms with E-state index in [1.54, 1.807) is 0 Å². The molecular weight excluding hydrogens is 834 g/mol. The van der Waals surface area contributed by atoms with Crippen LogP contribution in [0.1, 0.15) is 296 Å². The zero-order valence-corrected chi connectivity index (χ0v) is 43.9. The summed E-state index contributed by atoms with van der Waals surface area (Å²) in [5, 5.41) is 0. The largest absolute Gasteiger partial charge is 0.472 e. The van der Waals surface area contributed by atoms with Crippen molar-refractivity contribution in [1.29, 1.82) is 0 Å². The molecule has 65 heavy (non-hydrogen) atoms. The molecule has 9 nitrogen and oxygen atoms in total. The maximum Gasteiger partial charge on any atom is 0.472 e. The van der Waals surface area contributed by atoms with Gasteiger partial charge >= 0.3 is 19.8 Å². The Hall–Kier alpha value is -1.25. The van der Waals surface area contributed by atoms with Crippen LogP contribution in [0.5, 0.6) is 0 Å². The van der Waals surface area contributed by atoms with Crippen molar-refractivity contribution in [2.24, 2.45) is 5.73 Å². The summed E-state index contributed by atoms with van der Waals surface area (Å²) in [4.78, 5) is 35.0. The molecule has 10 heteroatoms. The maximum atomic E-state index is 12.6. The minimum absolute atomic E-state index is 0.0550. The monoisotopic (exact) mass is 942 g/mol. The summed E-state index contributed by atoms with van der Waals surface area (Å²) in [6.07, 6.45) is 58.6. The first-order valence-electron chi connectivity index (χ1n) is 28.2. The van der Waals surface area contributed by atoms with Crippen LogP contribution in [-0.4, -0.2) is 49.3 Å². The number of ether oxygens (including phenoxy) is 2. The fraction of sp³-hybridized carbons (Fsp3) is 0.927. The highest BCUT2D eigenvalue weighted by molar-refractivity contribution is 7.47. The molecule has 0 amide bonds. The van der Waals surface area contributed by atoms with Gasteiger partial charge in [0, 0.05) is 19.4 Å². The van der Waals surface area contributed by atoms with E-state index in [4.69, 9.17) is 24.3 Å². The summed E-state index contributed by atoms with van der Waals surface area (Å²) in [5.74, 6) is -0.822. The maximum absolute atomic E-state index is 12.6. The number of carbonyl (C=O) groups is 2. The van der Waals surface area contributed by atoms with Crippen molar-refractivity contribution in [2.75, 3.05) is 26.4 Å². The third-order valence-corrected chi connectivity index (χ3v) is 13.6. The van der Waals surface area contributed by atoms with Crippen molar-refractivity contribution < 1.29 is 37.6 Å². The first-order valence-corrected chi connectivity index (χ1v) is 29.7. The molecule has 0 bridgehead atoms. The van der Waals surface area contributed by atoms with Crippen LogP contribution in [0.15, 0.2) is 12.2 Å². The summed E-state index contributed by atoms with van der Waals surface area (Å²) in [6, 6.07) is 0. The number of phosphoric ester groups is 1. The number of phosphoric acid groups is 1. The van der Waals surface area contributed by atoms with Crippen molar-refractivity contribution in [1.82, 2.24) is 0 Å². The van der Waals surface area contributed by atoms with E-state index in [1.807, 2.05) is 0 Å². The summed E-state index contributed by atoms with van der Waals surface area (Å²) >= 11 is 0. The molecule has 0 spiro atoms. The Morgan fingerprint density at radius 2 is 0.754 bits per heavy atom. The van der Waals surface area contributed by atoms with Gasteiger partial charge in [0.25, 0.3) is 0 Å². The lowest BCUT2D eigenvalue weighted by atomic mass is 10.0. The van der Waals surface area contributed by atoms with Gasteiger partial charge in [-0.25, -0.2) is 4.57 Å². The summed E-state index contributed by atoms with van der Waals surface area (Å²) in [6.45, 7) is 3.76. The van der Waals surface area contributed by atoms with Crippen molar-refractivity contribution in [2.45, 2.75) is 302 Å². The second-order valence-corrected chi connectivity index (χ2v) is 20.6. The molecule has 0 aliphatic heterocycles. The van der Waals surface area contributed by atoms with Gasteiger partial charge in [-0.15, -0.1) is 0 Å². The highest BCUT2D eigenvalue weighted by Crippen LogP contribution is 2.43. The SMILES string of the molecule is CCCCCC/C=C\CCCCCCCC(=O)OC(COC(=O)CCCCCCCCCCCCCCCCCCCCCCCCCCCCCCCCC)COP(=O)(O)OCCN. The lowest BCUT2D eigenvalue weighted by Crippen LogP contribution is -2.29. The number of allylic oxidation sites excluding steroid dienone is 2. The number of unbranched alkanes of at least 4 members (excludes halogenated alkanes) is 39. The average molecular weight is 942 g/mol. The topological polar surface area (TPSA) is 134 Å². The number of esters is 2. The van der Waals surface area contributed by atoms with Crippen molar-refractivity contribution in [3.63, 3.8) is 0 Å². The Bertz CT molecular complexity index is 1070. The third kappa shape index (κ3) is 52.0. The van der Waals surface area contributed by atoms with E-state index in [9.17, 15) is 19.0 Å². The standard InChI is InChI=1S/C55H108NO8P/c1-3-5-7-9-11-13-15-17-18-19-20-21-22-23-24-25-26-27-28-29-30-31-32-33-34-36-37-39-41-43-45-47-54(57)61-51-53(52-63-65(59,60)62-50-49-56)64-55(58)48-46-44-42-40-38-35-16-14-12-10-8-6-4-2/h14,16,53H,3-13,15,17-52,56H2,1-2H3,(H,59,60)/b16-14-. The quantitative estimate of drug-likeness (QED) is 0.0264. The second-order valence-electron chi connectivity index (χ2n) is 19.2. The van der Waals surface area contributed by atoms with Crippen LogP contribution in [0.4, 0.5) is 0 Å². The molecule has 0 fully saturated rings. The fourth-order valence-electron chi connectivity index (χ4n) is 8.46. The molecule has 0 rings (SSSR count). The van der Waals surface area contributed by atoms with Gasteiger partial charge in [0.2, 0.25) is 0 Å². The average Bonchev–Trinajstić information content (AvgIpc) is 3.30. The van der Waals surface area contributed by atoms with E-state index in [0.29, 0.717) is 6.42 Å². The molecule has 386 valence electrons. The Morgan fingerprint density at radius 1 is 0.446 bits per heavy atom. The fourth-order valence-corrected chi connectivity index (χ4v) is 9.22. The number of rotatable bonds is 54. The lowest BCUT2D eigenvalue weighted by Gasteiger charge is -2.19. The van der Waals surface area contributed by atoms with Crippen LogP contribution in [0.25, 0.3) is 0 Å². The zero-order valence-electron chi connectivity index (χ0n) is 43.0. The van der Waals surface area contributed by atoms with Crippen LogP contribution in [0.2, 0.25) is 0 Å². The van der Waals surface area contributed by atoms with Gasteiger partial charge in [0.1, 0.15) is 6.61 Å². The molecule has 0 aromatic carbocycles. The smallest absolute Gasteiger partial charge is 0.462 e. The molecule has 2 unspecified atom stereocenters. The molecule has 2 atom stereocenters. The van der Waals surface area contributed by atoms with Gasteiger partial charge < -0.3 is 20.1 Å². The number of hydrogen-bond acceptors (Lipinski definition) is 8. The van der Waals surface area contributed by atoms with E-state index in [1.165, 1.54) is 212 Å². The summed E-state index contributed by atoms with van der Waals surface area (Å²) in [5.41, 5.74) is 5.37. The highest BCUT2D eigenvalue weighted by Gasteiger charge is 2.26. The number of carbonyl (C=O) groups excluding carboxylic acids is 2. The Morgan fingerprint density at radius 3 is 1.11 bits per heavy atom. The molecule has 0 aliphatic rings. The first-order chi connectivity index (χ1) is 31.8. The van der Waals surface area contributed by atoms with Gasteiger partial charge in [-0.3, -0.25) is 18.6 Å². The van der Waals surface area contributed by atoms with E-state index >= 15 is 0 Å². The summed E-state index contributed by atoms with van der Waals surface area (Å²) in [7, 11) is -4.38. The lowest BCUT2D eigenvalue weighted by molar-refractivity contribution is -0.161. The number of hydrogen-bond donors (Lipinski definition) is 2. The molecular formula is C55H108NO8P. The Kier molecular flexibility index (Phi) is 51.1. The van der Waals surface area contributed by atoms with E-state index in [2.05, 4.69) is 26.0 Å². The molecule has 0 radical (unpaired) electrons. The zero-order chi connectivity index (χ0) is 47.4. The van der Waals surface area contributed by atoms with Crippen LogP contribution in [0, 0.1) is 0 Å². The van der Waals surface area contributed by atoms with Crippen LogP contribution >= 0.6 is 7.82 Å². The highest BCUT2D eigenvalue weighted by atomic mass is 31.2. The molecule has 0 heterocycles. The van der Waals surface area contributed by atoms with Gasteiger partial charge in [-0.05, 0) is 38.5 Å². The van der Waals surface area contributed by atoms with E-state index < -0.39 is 26.5 Å². The predicted molar refractivity (Wildman–Crippen MR) is 275 cm³/mol. The molecule has 0 aromatic rings. The van der Waals surface area contributed by atoms with Gasteiger partial charge in [0.05, 0.1) is 13.2 Å².